The number of methoxy groups -OCH3 is 1. The molecule has 0 N–H and O–H groups in total. The number of hydrogen-bond acceptors (Lipinski definition) is 5. The molecular formula is C30H64O5Si3. The molecule has 1 fully saturated rings. The fourth-order valence-corrected chi connectivity index (χ4v) is 9.57. The van der Waals surface area contributed by atoms with E-state index in [4.69, 9.17) is 18.0 Å². The lowest BCUT2D eigenvalue weighted by molar-refractivity contribution is -0.140. The smallest absolute Gasteiger partial charge is 0.305 e. The van der Waals surface area contributed by atoms with Gasteiger partial charge in [-0.25, -0.2) is 0 Å². The van der Waals surface area contributed by atoms with E-state index < -0.39 is 25.0 Å². The molecule has 1 aliphatic rings. The summed E-state index contributed by atoms with van der Waals surface area (Å²) in [6.07, 6.45) is 15.3. The molecular weight excluding hydrogens is 525 g/mol. The average molecular weight is 589 g/mol. The van der Waals surface area contributed by atoms with Crippen molar-refractivity contribution in [3.05, 3.63) is 0 Å². The molecule has 5 atom stereocenters. The van der Waals surface area contributed by atoms with Gasteiger partial charge in [0.25, 0.3) is 0 Å². The lowest BCUT2D eigenvalue weighted by Crippen LogP contribution is -2.48. The van der Waals surface area contributed by atoms with E-state index in [0.29, 0.717) is 24.4 Å². The maximum Gasteiger partial charge on any atom is 0.305 e. The van der Waals surface area contributed by atoms with Crippen molar-refractivity contribution in [1.29, 1.82) is 0 Å². The minimum Gasteiger partial charge on any atom is -0.469 e. The van der Waals surface area contributed by atoms with E-state index in [1.165, 1.54) is 45.6 Å². The molecule has 0 saturated heterocycles. The molecule has 0 amide bonds. The minimum atomic E-state index is -1.77. The van der Waals surface area contributed by atoms with E-state index in [2.05, 4.69) is 65.8 Å². The van der Waals surface area contributed by atoms with Gasteiger partial charge >= 0.3 is 5.97 Å². The molecule has 0 spiro atoms. The van der Waals surface area contributed by atoms with Crippen LogP contribution in [0.5, 0.6) is 0 Å². The van der Waals surface area contributed by atoms with Crippen LogP contribution < -0.4 is 0 Å². The number of ether oxygens (including phenoxy) is 1. The van der Waals surface area contributed by atoms with Crippen LogP contribution in [0.15, 0.2) is 0 Å². The molecule has 1 aliphatic carbocycles. The molecule has 8 heteroatoms. The second-order valence-electron chi connectivity index (χ2n) is 14.5. The predicted molar refractivity (Wildman–Crippen MR) is 169 cm³/mol. The summed E-state index contributed by atoms with van der Waals surface area (Å²) in [5.41, 5.74) is 0. The number of hydrogen-bond donors (Lipinski definition) is 0. The van der Waals surface area contributed by atoms with Crippen LogP contribution in [0.25, 0.3) is 0 Å². The average Bonchev–Trinajstić information content (AvgIpc) is 3.17. The van der Waals surface area contributed by atoms with Crippen LogP contribution in [-0.2, 0) is 22.8 Å². The highest BCUT2D eigenvalue weighted by atomic mass is 28.4. The first-order valence-electron chi connectivity index (χ1n) is 15.7. The van der Waals surface area contributed by atoms with E-state index in [1.807, 2.05) is 0 Å². The third-order valence-corrected chi connectivity index (χ3v) is 10.3. The molecule has 0 radical (unpaired) electrons. The van der Waals surface area contributed by atoms with Crippen LogP contribution in [-0.4, -0.2) is 56.3 Å². The summed E-state index contributed by atoms with van der Waals surface area (Å²) in [5, 5.41) is 0. The zero-order valence-electron chi connectivity index (χ0n) is 27.1. The van der Waals surface area contributed by atoms with Crippen molar-refractivity contribution in [2.75, 3.05) is 7.11 Å². The molecule has 5 nitrogen and oxygen atoms in total. The van der Waals surface area contributed by atoms with Gasteiger partial charge in [0.15, 0.2) is 25.0 Å². The molecule has 0 aromatic rings. The van der Waals surface area contributed by atoms with Gasteiger partial charge in [-0.15, -0.1) is 0 Å². The van der Waals surface area contributed by atoms with Crippen molar-refractivity contribution in [2.45, 2.75) is 168 Å². The molecule has 2 unspecified atom stereocenters. The highest BCUT2D eigenvalue weighted by molar-refractivity contribution is 6.70. The normalized spacial score (nSPS) is 22.4. The second kappa shape index (κ2) is 17.1. The Labute approximate surface area is 239 Å². The Bertz CT molecular complexity index is 654. The SMILES string of the molecule is CCCCCCCC(O[Si](C)(C)C)[C@H]1CC[C@H](O[Si](C)(C)C)[C@@H]1C(CCCCCC(=O)OC)O[Si](C)(C)C. The summed E-state index contributed by atoms with van der Waals surface area (Å²) >= 11 is 0. The van der Waals surface area contributed by atoms with E-state index in [9.17, 15) is 4.79 Å². The quantitative estimate of drug-likeness (QED) is 0.0806. The lowest BCUT2D eigenvalue weighted by Gasteiger charge is -2.42. The predicted octanol–water partition coefficient (Wildman–Crippen LogP) is 9.16. The zero-order chi connectivity index (χ0) is 29.0. The first kappa shape index (κ1) is 36.0. The Morgan fingerprint density at radius 3 is 1.76 bits per heavy atom. The fourth-order valence-electron chi connectivity index (χ4n) is 6.00. The summed E-state index contributed by atoms with van der Waals surface area (Å²) in [6, 6.07) is 0. The van der Waals surface area contributed by atoms with Crippen molar-refractivity contribution in [2.24, 2.45) is 11.8 Å². The number of rotatable bonds is 20. The van der Waals surface area contributed by atoms with Gasteiger partial charge in [-0.05, 0) is 96.9 Å². The van der Waals surface area contributed by atoms with Crippen LogP contribution in [0.1, 0.15) is 90.4 Å². The van der Waals surface area contributed by atoms with Gasteiger partial charge in [-0.3, -0.25) is 4.79 Å². The first-order chi connectivity index (χ1) is 17.6. The van der Waals surface area contributed by atoms with Crippen molar-refractivity contribution in [3.8, 4) is 0 Å². The molecule has 0 bridgehead atoms. The standard InChI is InChI=1S/C30H64O5Si3/c1-12-13-14-15-17-20-26(33-36(3,4)5)25-23-24-28(35-38(9,10)11)30(25)27(34-37(6,7)8)21-18-16-19-22-29(31)32-2/h25-28,30H,12-24H2,1-11H3/t25-,26?,27?,28+,30+/m1/s1. The summed E-state index contributed by atoms with van der Waals surface area (Å²) < 4.78 is 25.8. The van der Waals surface area contributed by atoms with Gasteiger partial charge in [-0.1, -0.05) is 51.9 Å². The van der Waals surface area contributed by atoms with E-state index >= 15 is 0 Å². The molecule has 226 valence electrons. The Morgan fingerprint density at radius 2 is 1.24 bits per heavy atom. The van der Waals surface area contributed by atoms with Crippen LogP contribution in [0, 0.1) is 11.8 Å². The van der Waals surface area contributed by atoms with Gasteiger partial charge in [0, 0.05) is 18.4 Å². The van der Waals surface area contributed by atoms with Crippen molar-refractivity contribution >= 4 is 30.9 Å². The van der Waals surface area contributed by atoms with Crippen molar-refractivity contribution in [1.82, 2.24) is 0 Å². The fraction of sp³-hybridized carbons (Fsp3) is 0.967. The molecule has 0 aliphatic heterocycles. The summed E-state index contributed by atoms with van der Waals surface area (Å²) in [5.74, 6) is 0.765. The maximum absolute atomic E-state index is 11.6. The van der Waals surface area contributed by atoms with Crippen molar-refractivity contribution < 1.29 is 22.8 Å². The second-order valence-corrected chi connectivity index (χ2v) is 27.9. The lowest BCUT2D eigenvalue weighted by atomic mass is 9.82. The molecule has 1 saturated carbocycles. The molecule has 0 aromatic heterocycles. The molecule has 0 heterocycles. The molecule has 0 aromatic carbocycles. The monoisotopic (exact) mass is 588 g/mol. The number of esters is 1. The Hall–Kier alpha value is 0.000649. The number of unbranched alkanes of at least 4 members (excludes halogenated alkanes) is 6. The van der Waals surface area contributed by atoms with Crippen LogP contribution >= 0.6 is 0 Å². The summed E-state index contributed by atoms with van der Waals surface area (Å²) in [6.45, 7) is 23.2. The Kier molecular flexibility index (Phi) is 16.2. The van der Waals surface area contributed by atoms with Crippen LogP contribution in [0.4, 0.5) is 0 Å². The topological polar surface area (TPSA) is 54.0 Å². The van der Waals surface area contributed by atoms with Gasteiger partial charge < -0.3 is 18.0 Å². The Balaban J connectivity index is 3.18. The van der Waals surface area contributed by atoms with Gasteiger partial charge in [0.2, 0.25) is 0 Å². The summed E-state index contributed by atoms with van der Waals surface area (Å²) in [7, 11) is -3.71. The highest BCUT2D eigenvalue weighted by Crippen LogP contribution is 2.45. The third-order valence-electron chi connectivity index (χ3n) is 7.32. The summed E-state index contributed by atoms with van der Waals surface area (Å²) in [4.78, 5) is 11.6. The maximum atomic E-state index is 11.6. The first-order valence-corrected chi connectivity index (χ1v) is 25.9. The Morgan fingerprint density at radius 1 is 0.711 bits per heavy atom. The number of carbonyl (C=O) groups excluding carboxylic acids is 1. The zero-order valence-corrected chi connectivity index (χ0v) is 30.1. The molecule has 1 rings (SSSR count). The van der Waals surface area contributed by atoms with E-state index in [-0.39, 0.29) is 18.2 Å². The molecule has 38 heavy (non-hydrogen) atoms. The van der Waals surface area contributed by atoms with Crippen molar-refractivity contribution in [3.63, 3.8) is 0 Å². The van der Waals surface area contributed by atoms with Gasteiger partial charge in [0.1, 0.15) is 0 Å². The minimum absolute atomic E-state index is 0.107. The van der Waals surface area contributed by atoms with Crippen LogP contribution in [0.2, 0.25) is 58.9 Å². The van der Waals surface area contributed by atoms with E-state index in [0.717, 1.165) is 38.5 Å². The van der Waals surface area contributed by atoms with E-state index in [1.54, 1.807) is 0 Å². The van der Waals surface area contributed by atoms with Gasteiger partial charge in [-0.2, -0.15) is 0 Å². The largest absolute Gasteiger partial charge is 0.469 e. The van der Waals surface area contributed by atoms with Crippen LogP contribution in [0.3, 0.4) is 0 Å². The third kappa shape index (κ3) is 15.7. The highest BCUT2D eigenvalue weighted by Gasteiger charge is 2.48. The number of carbonyl (C=O) groups is 1. The van der Waals surface area contributed by atoms with Gasteiger partial charge in [0.05, 0.1) is 19.3 Å².